The van der Waals surface area contributed by atoms with Crippen molar-refractivity contribution >= 4 is 46.5 Å². The number of aliphatic hydroxyl groups excluding tert-OH is 1. The molecule has 4 aromatic rings. The van der Waals surface area contributed by atoms with E-state index in [1.807, 2.05) is 54.6 Å². The lowest BCUT2D eigenvalue weighted by Crippen LogP contribution is -2.31. The fraction of sp³-hybridized carbons (Fsp3) is 0.200. The van der Waals surface area contributed by atoms with Crippen LogP contribution in [0.5, 0.6) is 11.5 Å². The Morgan fingerprint density at radius 1 is 1.03 bits per heavy atom. The summed E-state index contributed by atoms with van der Waals surface area (Å²) in [5.41, 5.74) is 1.38. The van der Waals surface area contributed by atoms with Crippen LogP contribution in [0.2, 0.25) is 0 Å². The van der Waals surface area contributed by atoms with Crippen molar-refractivity contribution in [2.75, 3.05) is 14.2 Å². The number of aromatic nitrogens is 1. The van der Waals surface area contributed by atoms with E-state index in [1.165, 1.54) is 29.6 Å². The third-order valence-electron chi connectivity index (χ3n) is 6.11. The molecule has 2 heterocycles. The SMILES string of the molecule is COc1cccc(Sc2cc3ncc(/C=C/[C@H]4CC(O)CC(=O)O4)c(Sc4cccc(OC)c4)c3cc2F)c1. The molecule has 1 aromatic heterocycles. The number of halogens is 1. The molecule has 200 valence electrons. The van der Waals surface area contributed by atoms with Crippen molar-refractivity contribution < 1.29 is 28.5 Å². The zero-order chi connectivity index (χ0) is 27.4. The fourth-order valence-corrected chi connectivity index (χ4v) is 6.18. The van der Waals surface area contributed by atoms with Crippen molar-refractivity contribution in [3.8, 4) is 11.5 Å². The van der Waals surface area contributed by atoms with Gasteiger partial charge in [0, 0.05) is 38.3 Å². The summed E-state index contributed by atoms with van der Waals surface area (Å²) in [6.07, 6.45) is 4.29. The summed E-state index contributed by atoms with van der Waals surface area (Å²) >= 11 is 2.77. The lowest BCUT2D eigenvalue weighted by atomic mass is 10.0. The van der Waals surface area contributed by atoms with Crippen LogP contribution in [0, 0.1) is 5.82 Å². The number of carbonyl (C=O) groups excluding carboxylic acids is 1. The predicted molar refractivity (Wildman–Crippen MR) is 150 cm³/mol. The van der Waals surface area contributed by atoms with Crippen molar-refractivity contribution in [2.24, 2.45) is 0 Å². The third-order valence-corrected chi connectivity index (χ3v) is 8.28. The zero-order valence-corrected chi connectivity index (χ0v) is 22.9. The molecule has 1 aliphatic rings. The molecule has 1 saturated heterocycles. The maximum atomic E-state index is 15.5. The Bertz CT molecular complexity index is 1540. The van der Waals surface area contributed by atoms with Crippen LogP contribution in [0.15, 0.2) is 92.5 Å². The summed E-state index contributed by atoms with van der Waals surface area (Å²) in [7, 11) is 3.20. The lowest BCUT2D eigenvalue weighted by Gasteiger charge is -2.23. The molecule has 1 unspecified atom stereocenters. The van der Waals surface area contributed by atoms with E-state index in [-0.39, 0.29) is 12.2 Å². The first kappa shape index (κ1) is 27.1. The second-order valence-corrected chi connectivity index (χ2v) is 11.1. The highest BCUT2D eigenvalue weighted by Gasteiger charge is 2.25. The van der Waals surface area contributed by atoms with Gasteiger partial charge in [-0.2, -0.15) is 0 Å². The van der Waals surface area contributed by atoms with Crippen molar-refractivity contribution in [2.45, 2.75) is 44.6 Å². The Balaban J connectivity index is 1.55. The Kier molecular flexibility index (Phi) is 8.40. The molecule has 6 nitrogen and oxygen atoms in total. The first-order valence-electron chi connectivity index (χ1n) is 12.2. The largest absolute Gasteiger partial charge is 0.497 e. The van der Waals surface area contributed by atoms with Crippen molar-refractivity contribution in [1.29, 1.82) is 0 Å². The molecule has 0 aliphatic carbocycles. The van der Waals surface area contributed by atoms with Gasteiger partial charge in [0.15, 0.2) is 0 Å². The normalized spacial score (nSPS) is 17.4. The van der Waals surface area contributed by atoms with E-state index >= 15 is 4.39 Å². The number of aliphatic hydroxyl groups is 1. The smallest absolute Gasteiger partial charge is 0.309 e. The quantitative estimate of drug-likeness (QED) is 0.235. The number of pyridine rings is 1. The molecule has 1 fully saturated rings. The number of ether oxygens (including phenoxy) is 3. The highest BCUT2D eigenvalue weighted by atomic mass is 32.2. The molecule has 9 heteroatoms. The van der Waals surface area contributed by atoms with E-state index < -0.39 is 18.2 Å². The van der Waals surface area contributed by atoms with Crippen LogP contribution in [-0.4, -0.2) is 42.5 Å². The molecule has 3 aromatic carbocycles. The van der Waals surface area contributed by atoms with E-state index in [0.717, 1.165) is 20.2 Å². The summed E-state index contributed by atoms with van der Waals surface area (Å²) in [4.78, 5) is 19.4. The highest BCUT2D eigenvalue weighted by Crippen LogP contribution is 2.40. The Morgan fingerprint density at radius 3 is 2.38 bits per heavy atom. The van der Waals surface area contributed by atoms with Gasteiger partial charge in [-0.1, -0.05) is 41.7 Å². The average Bonchev–Trinajstić information content (AvgIpc) is 2.93. The van der Waals surface area contributed by atoms with Crippen LogP contribution < -0.4 is 9.47 Å². The van der Waals surface area contributed by atoms with Gasteiger partial charge in [0.2, 0.25) is 0 Å². The minimum absolute atomic E-state index is 0.00576. The zero-order valence-electron chi connectivity index (χ0n) is 21.3. The van der Waals surface area contributed by atoms with Gasteiger partial charge in [-0.25, -0.2) is 4.39 Å². The number of fused-ring (bicyclic) bond motifs is 1. The number of carbonyl (C=O) groups is 1. The number of benzene rings is 3. The lowest BCUT2D eigenvalue weighted by molar-refractivity contribution is -0.156. The van der Waals surface area contributed by atoms with Crippen LogP contribution in [0.4, 0.5) is 4.39 Å². The Morgan fingerprint density at radius 2 is 1.72 bits per heavy atom. The Labute approximate surface area is 234 Å². The molecule has 0 bridgehead atoms. The average molecular weight is 564 g/mol. The van der Waals surface area contributed by atoms with Gasteiger partial charge in [0.1, 0.15) is 23.4 Å². The maximum absolute atomic E-state index is 15.5. The standard InChI is InChI=1S/C30H26FNO5S2/c1-35-20-5-3-7-23(13-20)38-28-16-27-25(15-26(28)31)30(39-24-8-4-6-21(14-24)36-2)18(17-32-27)9-10-22-11-19(33)12-29(34)37-22/h3-10,13-17,19,22,33H,11-12H2,1-2H3/b10-9+/t19?,22-/m0/s1. The summed E-state index contributed by atoms with van der Waals surface area (Å²) in [5, 5.41) is 10.6. The van der Waals surface area contributed by atoms with Gasteiger partial charge in [-0.3, -0.25) is 9.78 Å². The molecule has 1 N–H and O–H groups in total. The number of cyclic esters (lactones) is 1. The Hall–Kier alpha value is -3.53. The van der Waals surface area contributed by atoms with Gasteiger partial charge in [0.05, 0.1) is 37.2 Å². The van der Waals surface area contributed by atoms with E-state index in [4.69, 9.17) is 14.2 Å². The molecule has 1 aliphatic heterocycles. The van der Waals surface area contributed by atoms with E-state index in [2.05, 4.69) is 4.98 Å². The van der Waals surface area contributed by atoms with Crippen molar-refractivity contribution in [3.05, 3.63) is 84.3 Å². The predicted octanol–water partition coefficient (Wildman–Crippen LogP) is 6.77. The molecule has 39 heavy (non-hydrogen) atoms. The molecule has 5 rings (SSSR count). The molecular formula is C30H26FNO5S2. The monoisotopic (exact) mass is 563 g/mol. The molecule has 0 spiro atoms. The van der Waals surface area contributed by atoms with Gasteiger partial charge >= 0.3 is 5.97 Å². The minimum atomic E-state index is -0.740. The second kappa shape index (κ2) is 12.1. The third kappa shape index (κ3) is 6.55. The molecule has 2 atom stereocenters. The van der Waals surface area contributed by atoms with Gasteiger partial charge in [0.25, 0.3) is 0 Å². The first-order chi connectivity index (χ1) is 18.9. The number of rotatable bonds is 8. The van der Waals surface area contributed by atoms with Crippen molar-refractivity contribution in [1.82, 2.24) is 4.98 Å². The maximum Gasteiger partial charge on any atom is 0.309 e. The van der Waals surface area contributed by atoms with Crippen LogP contribution in [0.25, 0.3) is 17.0 Å². The number of nitrogens with zero attached hydrogens (tertiary/aromatic N) is 1. The highest BCUT2D eigenvalue weighted by molar-refractivity contribution is 7.99. The summed E-state index contributed by atoms with van der Waals surface area (Å²) in [6, 6.07) is 18.3. The minimum Gasteiger partial charge on any atom is -0.497 e. The van der Waals surface area contributed by atoms with Crippen LogP contribution in [-0.2, 0) is 9.53 Å². The molecular weight excluding hydrogens is 537 g/mol. The van der Waals surface area contributed by atoms with Crippen LogP contribution >= 0.6 is 23.5 Å². The van der Waals surface area contributed by atoms with E-state index in [9.17, 15) is 9.90 Å². The molecule has 0 saturated carbocycles. The molecule has 0 radical (unpaired) electrons. The van der Waals surface area contributed by atoms with E-state index in [0.29, 0.717) is 33.7 Å². The topological polar surface area (TPSA) is 77.9 Å². The van der Waals surface area contributed by atoms with Gasteiger partial charge < -0.3 is 19.3 Å². The van der Waals surface area contributed by atoms with Gasteiger partial charge in [-0.05, 0) is 54.6 Å². The fourth-order valence-electron chi connectivity index (χ4n) is 4.21. The second-order valence-electron chi connectivity index (χ2n) is 8.89. The first-order valence-corrected chi connectivity index (χ1v) is 13.9. The summed E-state index contributed by atoms with van der Waals surface area (Å²) < 4.78 is 31.5. The van der Waals surface area contributed by atoms with E-state index in [1.54, 1.807) is 32.6 Å². The summed E-state index contributed by atoms with van der Waals surface area (Å²) in [5.74, 6) is 0.606. The van der Waals surface area contributed by atoms with Gasteiger partial charge in [-0.15, -0.1) is 0 Å². The van der Waals surface area contributed by atoms with Crippen LogP contribution in [0.3, 0.4) is 0 Å². The van der Waals surface area contributed by atoms with Crippen molar-refractivity contribution in [3.63, 3.8) is 0 Å². The number of esters is 1. The summed E-state index contributed by atoms with van der Waals surface area (Å²) in [6.45, 7) is 0. The number of hydrogen-bond acceptors (Lipinski definition) is 8. The number of hydrogen-bond donors (Lipinski definition) is 1. The molecule has 0 amide bonds. The number of methoxy groups -OCH3 is 2. The van der Waals surface area contributed by atoms with Crippen LogP contribution in [0.1, 0.15) is 18.4 Å².